The maximum Gasteiger partial charge on any atom is 0.278 e. The van der Waals surface area contributed by atoms with Crippen LogP contribution in [0.1, 0.15) is 44.6 Å². The van der Waals surface area contributed by atoms with E-state index in [-0.39, 0.29) is 17.8 Å². The Balaban J connectivity index is 1.42. The van der Waals surface area contributed by atoms with Gasteiger partial charge in [0.15, 0.2) is 6.04 Å². The number of benzene rings is 1. The Morgan fingerprint density at radius 3 is 2.72 bits per heavy atom. The SMILES string of the molecule is COc1ccc(F)cc1C[NH+]1CC[NH+]([C@H](C)C(=O)NCCC2=CCCCC2)CC1. The molecule has 1 saturated heterocycles. The van der Waals surface area contributed by atoms with Gasteiger partial charge in [-0.05, 0) is 57.2 Å². The van der Waals surface area contributed by atoms with Crippen molar-refractivity contribution in [2.24, 2.45) is 0 Å². The molecule has 6 heteroatoms. The number of ether oxygens (including phenoxy) is 1. The van der Waals surface area contributed by atoms with E-state index in [2.05, 4.69) is 11.4 Å². The van der Waals surface area contributed by atoms with Crippen LogP contribution in [-0.2, 0) is 11.3 Å². The molecule has 0 aromatic heterocycles. The van der Waals surface area contributed by atoms with E-state index >= 15 is 0 Å². The highest BCUT2D eigenvalue weighted by Crippen LogP contribution is 2.19. The number of hydrogen-bond donors (Lipinski definition) is 3. The van der Waals surface area contributed by atoms with Crippen LogP contribution in [0.2, 0.25) is 0 Å². The van der Waals surface area contributed by atoms with Crippen molar-refractivity contribution in [2.45, 2.75) is 51.6 Å². The van der Waals surface area contributed by atoms with Crippen molar-refractivity contribution >= 4 is 5.91 Å². The summed E-state index contributed by atoms with van der Waals surface area (Å²) in [5.74, 6) is 0.680. The third-order valence-corrected chi connectivity index (χ3v) is 6.42. The summed E-state index contributed by atoms with van der Waals surface area (Å²) in [6.45, 7) is 7.38. The average molecular weight is 406 g/mol. The molecule has 1 aromatic rings. The molecule has 1 aromatic carbocycles. The largest absolute Gasteiger partial charge is 0.496 e. The van der Waals surface area contributed by atoms with E-state index in [1.807, 2.05) is 6.92 Å². The summed E-state index contributed by atoms with van der Waals surface area (Å²) in [5.41, 5.74) is 2.41. The molecular formula is C23H36FN3O2+2. The molecular weight excluding hydrogens is 369 g/mol. The topological polar surface area (TPSA) is 47.2 Å². The molecule has 5 nitrogen and oxygen atoms in total. The van der Waals surface area contributed by atoms with E-state index in [4.69, 9.17) is 4.74 Å². The van der Waals surface area contributed by atoms with Crippen molar-refractivity contribution in [3.8, 4) is 5.75 Å². The maximum absolute atomic E-state index is 13.6. The van der Waals surface area contributed by atoms with Crippen molar-refractivity contribution in [3.05, 3.63) is 41.2 Å². The first-order valence-corrected chi connectivity index (χ1v) is 11.0. The second-order valence-electron chi connectivity index (χ2n) is 8.41. The number of amides is 1. The second kappa shape index (κ2) is 10.7. The summed E-state index contributed by atoms with van der Waals surface area (Å²) in [6.07, 6.45) is 8.31. The van der Waals surface area contributed by atoms with E-state index in [0.29, 0.717) is 0 Å². The monoisotopic (exact) mass is 405 g/mol. The summed E-state index contributed by atoms with van der Waals surface area (Å²) >= 11 is 0. The lowest BCUT2D eigenvalue weighted by Crippen LogP contribution is -3.29. The van der Waals surface area contributed by atoms with Crippen molar-refractivity contribution in [2.75, 3.05) is 39.8 Å². The molecule has 1 amide bonds. The molecule has 2 aliphatic rings. The first-order chi connectivity index (χ1) is 14.1. The smallest absolute Gasteiger partial charge is 0.278 e. The highest BCUT2D eigenvalue weighted by molar-refractivity contribution is 5.79. The van der Waals surface area contributed by atoms with Gasteiger partial charge in [-0.15, -0.1) is 0 Å². The molecule has 29 heavy (non-hydrogen) atoms. The molecule has 160 valence electrons. The minimum Gasteiger partial charge on any atom is -0.496 e. The molecule has 0 bridgehead atoms. The van der Waals surface area contributed by atoms with Gasteiger partial charge in [0.05, 0.1) is 12.7 Å². The third kappa shape index (κ3) is 6.28. The van der Waals surface area contributed by atoms with Crippen LogP contribution in [0.25, 0.3) is 0 Å². The van der Waals surface area contributed by atoms with Crippen LogP contribution >= 0.6 is 0 Å². The van der Waals surface area contributed by atoms with Gasteiger partial charge >= 0.3 is 0 Å². The molecule has 0 unspecified atom stereocenters. The number of halogens is 1. The first-order valence-electron chi connectivity index (χ1n) is 11.0. The number of hydrogen-bond acceptors (Lipinski definition) is 2. The van der Waals surface area contributed by atoms with Gasteiger partial charge in [0.1, 0.15) is 44.3 Å². The Morgan fingerprint density at radius 1 is 1.24 bits per heavy atom. The number of allylic oxidation sites excluding steroid dienone is 1. The second-order valence-corrected chi connectivity index (χ2v) is 8.41. The molecule has 3 rings (SSSR count). The average Bonchev–Trinajstić information content (AvgIpc) is 2.74. The van der Waals surface area contributed by atoms with Gasteiger partial charge in [0.25, 0.3) is 5.91 Å². The first kappa shape index (κ1) is 21.8. The molecule has 1 fully saturated rings. The number of methoxy groups -OCH3 is 1. The predicted octanol–water partition coefficient (Wildman–Crippen LogP) is 0.513. The highest BCUT2D eigenvalue weighted by Gasteiger charge is 2.31. The van der Waals surface area contributed by atoms with Crippen molar-refractivity contribution in [1.29, 1.82) is 0 Å². The summed E-state index contributed by atoms with van der Waals surface area (Å²) in [7, 11) is 1.62. The van der Waals surface area contributed by atoms with Crippen molar-refractivity contribution in [3.63, 3.8) is 0 Å². The summed E-state index contributed by atoms with van der Waals surface area (Å²) in [6, 6.07) is 4.68. The lowest BCUT2D eigenvalue weighted by molar-refractivity contribution is -1.02. The quantitative estimate of drug-likeness (QED) is 0.552. The zero-order chi connectivity index (χ0) is 20.6. The molecule has 1 atom stereocenters. The van der Waals surface area contributed by atoms with Crippen LogP contribution in [0, 0.1) is 5.82 Å². The summed E-state index contributed by atoms with van der Waals surface area (Å²) in [4.78, 5) is 15.3. The molecule has 3 N–H and O–H groups in total. The van der Waals surface area contributed by atoms with Crippen LogP contribution in [0.3, 0.4) is 0 Å². The van der Waals surface area contributed by atoms with E-state index in [1.54, 1.807) is 19.2 Å². The molecule has 1 heterocycles. The minimum atomic E-state index is -0.223. The van der Waals surface area contributed by atoms with Gasteiger partial charge in [-0.3, -0.25) is 4.79 Å². The van der Waals surface area contributed by atoms with Gasteiger partial charge < -0.3 is 19.9 Å². The van der Waals surface area contributed by atoms with E-state index in [9.17, 15) is 9.18 Å². The van der Waals surface area contributed by atoms with Crippen LogP contribution < -0.4 is 19.9 Å². The number of quaternary nitrogens is 2. The predicted molar refractivity (Wildman–Crippen MR) is 112 cm³/mol. The lowest BCUT2D eigenvalue weighted by Gasteiger charge is -2.32. The van der Waals surface area contributed by atoms with Crippen molar-refractivity contribution < 1.29 is 23.7 Å². The summed E-state index contributed by atoms with van der Waals surface area (Å²) in [5, 5.41) is 3.13. The fraction of sp³-hybridized carbons (Fsp3) is 0.609. The van der Waals surface area contributed by atoms with Gasteiger partial charge in [-0.2, -0.15) is 0 Å². The third-order valence-electron chi connectivity index (χ3n) is 6.42. The molecule has 0 saturated carbocycles. The Labute approximate surface area is 173 Å². The van der Waals surface area contributed by atoms with Gasteiger partial charge in [-0.25, -0.2) is 4.39 Å². The Morgan fingerprint density at radius 2 is 2.03 bits per heavy atom. The Hall–Kier alpha value is -1.92. The lowest BCUT2D eigenvalue weighted by atomic mass is 9.97. The zero-order valence-corrected chi connectivity index (χ0v) is 17.9. The maximum atomic E-state index is 13.6. The van der Waals surface area contributed by atoms with E-state index in [1.165, 1.54) is 47.1 Å². The molecule has 1 aliphatic heterocycles. The fourth-order valence-electron chi connectivity index (χ4n) is 4.51. The minimum absolute atomic E-state index is 0.0272. The number of carbonyl (C=O) groups excluding carboxylic acids is 1. The zero-order valence-electron chi connectivity index (χ0n) is 17.9. The molecule has 1 aliphatic carbocycles. The number of rotatable bonds is 8. The fourth-order valence-corrected chi connectivity index (χ4v) is 4.51. The Bertz CT molecular complexity index is 714. The van der Waals surface area contributed by atoms with Crippen LogP contribution in [0.15, 0.2) is 29.8 Å². The van der Waals surface area contributed by atoms with Gasteiger partial charge in [0, 0.05) is 6.54 Å². The van der Waals surface area contributed by atoms with Crippen LogP contribution in [-0.4, -0.2) is 51.8 Å². The van der Waals surface area contributed by atoms with E-state index < -0.39 is 0 Å². The van der Waals surface area contributed by atoms with Crippen molar-refractivity contribution in [1.82, 2.24) is 5.32 Å². The molecule has 0 spiro atoms. The van der Waals surface area contributed by atoms with Gasteiger partial charge in [-0.1, -0.05) is 11.6 Å². The van der Waals surface area contributed by atoms with Crippen LogP contribution in [0.4, 0.5) is 4.39 Å². The number of carbonyl (C=O) groups is 1. The van der Waals surface area contributed by atoms with E-state index in [0.717, 1.165) is 57.0 Å². The summed E-state index contributed by atoms with van der Waals surface area (Å²) < 4.78 is 19.0. The Kier molecular flexibility index (Phi) is 8.07. The highest BCUT2D eigenvalue weighted by atomic mass is 19.1. The number of nitrogens with one attached hydrogen (secondary N) is 3. The molecule has 0 radical (unpaired) electrons. The normalized spacial score (nSPS) is 23.2. The van der Waals surface area contributed by atoms with Crippen LogP contribution in [0.5, 0.6) is 5.75 Å². The standard InChI is InChI=1S/C23H34FN3O2/c1-18(23(28)25-11-10-19-6-4-3-5-7-19)27-14-12-26(13-15-27)17-20-16-21(24)8-9-22(20)29-2/h6,8-9,16,18H,3-5,7,10-15,17H2,1-2H3,(H,25,28)/p+2/t18-/m1/s1. The van der Waals surface area contributed by atoms with Gasteiger partial charge in [0.2, 0.25) is 0 Å². The number of piperazine rings is 1.